The van der Waals surface area contributed by atoms with E-state index in [1.54, 1.807) is 11.3 Å². The van der Waals surface area contributed by atoms with Crippen LogP contribution in [0, 0.1) is 12.3 Å². The number of likely N-dealkylation sites (tertiary alicyclic amines) is 1. The number of benzene rings is 1. The van der Waals surface area contributed by atoms with Crippen LogP contribution in [0.25, 0.3) is 10.4 Å². The first-order valence-corrected chi connectivity index (χ1v) is 22.2. The Kier molecular flexibility index (Phi) is 26.0. The highest BCUT2D eigenvalue weighted by molar-refractivity contribution is 7.13. The van der Waals surface area contributed by atoms with E-state index in [9.17, 15) is 24.3 Å². The number of nitrogens with zero attached hydrogens (tertiary/aromatic N) is 2. The summed E-state index contributed by atoms with van der Waals surface area (Å²) in [6.45, 7) is 14.4. The first kappa shape index (κ1) is 53.7. The number of aliphatic hydroxyl groups excluding tert-OH is 1. The lowest BCUT2D eigenvalue weighted by molar-refractivity contribution is -0.144. The van der Waals surface area contributed by atoms with Crippen molar-refractivity contribution >= 4 is 35.0 Å². The van der Waals surface area contributed by atoms with Crippen LogP contribution in [0.4, 0.5) is 0 Å². The maximum Gasteiger partial charge on any atom is 0.329 e. The summed E-state index contributed by atoms with van der Waals surface area (Å²) in [4.78, 5) is 57.5. The third-order valence-electron chi connectivity index (χ3n) is 9.49. The Balaban J connectivity index is 1.19. The zero-order valence-corrected chi connectivity index (χ0v) is 38.2. The summed E-state index contributed by atoms with van der Waals surface area (Å²) in [5, 5.41) is 24.8. The number of hydrogen-bond donors (Lipinski definition) is 4. The molecule has 20 heteroatoms. The van der Waals surface area contributed by atoms with Crippen molar-refractivity contribution in [3.05, 3.63) is 41.0 Å². The van der Waals surface area contributed by atoms with Crippen molar-refractivity contribution in [2.24, 2.45) is 5.41 Å². The number of hydrogen-bond acceptors (Lipinski definition) is 16. The minimum atomic E-state index is -1.01. The number of carbonyl (C=O) groups is 4. The average molecular weight is 913 g/mol. The molecule has 1 aromatic carbocycles. The maximum absolute atomic E-state index is 13.9. The van der Waals surface area contributed by atoms with Gasteiger partial charge >= 0.3 is 5.97 Å². The Bertz CT molecular complexity index is 1610. The monoisotopic (exact) mass is 912 g/mol. The molecule has 1 fully saturated rings. The first-order chi connectivity index (χ1) is 30.3. The summed E-state index contributed by atoms with van der Waals surface area (Å²) >= 11 is 1.57. The standard InChI is InChI=1S/C43H68N4O15S/c1-31(33-6-8-34(9-7-33)39-32(2)44-30-63-39)45-41(52)36-26-35(48)27-47(36)42(53)40(43(3,4)5)46-37(49)28-61-24-22-59-20-18-57-16-14-55-12-10-54-11-13-56-15-17-58-19-21-60-23-25-62-29-38(50)51/h6-9,30-31,35-36,40,48H,10-29H2,1-5H3,(H,45,52)(H,46,49)(H,50,51). The number of amides is 3. The Morgan fingerprint density at radius 3 is 1.59 bits per heavy atom. The second-order valence-electron chi connectivity index (χ2n) is 15.7. The number of aryl methyl sites for hydroxylation is 1. The van der Waals surface area contributed by atoms with Crippen LogP contribution >= 0.6 is 11.3 Å². The number of carboxylic acid groups (broad SMARTS) is 1. The Labute approximate surface area is 374 Å². The summed E-state index contributed by atoms with van der Waals surface area (Å²) in [6.07, 6.45) is -0.791. The fourth-order valence-corrected chi connectivity index (χ4v) is 7.01. The van der Waals surface area contributed by atoms with Crippen molar-refractivity contribution in [2.75, 3.05) is 125 Å². The maximum atomic E-state index is 13.9. The van der Waals surface area contributed by atoms with Crippen molar-refractivity contribution < 1.29 is 72.0 Å². The summed E-state index contributed by atoms with van der Waals surface area (Å²) < 4.78 is 48.4. The van der Waals surface area contributed by atoms with Gasteiger partial charge in [0.1, 0.15) is 25.3 Å². The molecule has 2 aromatic rings. The van der Waals surface area contributed by atoms with Crippen molar-refractivity contribution in [3.8, 4) is 10.4 Å². The Morgan fingerprint density at radius 2 is 1.17 bits per heavy atom. The molecule has 0 bridgehead atoms. The van der Waals surface area contributed by atoms with Crippen LogP contribution in [-0.2, 0) is 61.8 Å². The highest BCUT2D eigenvalue weighted by Crippen LogP contribution is 2.29. The van der Waals surface area contributed by atoms with Gasteiger partial charge in [-0.15, -0.1) is 11.3 Å². The number of aliphatic hydroxyl groups is 1. The van der Waals surface area contributed by atoms with Gasteiger partial charge in [-0.2, -0.15) is 0 Å². The van der Waals surface area contributed by atoms with Crippen molar-refractivity contribution in [2.45, 2.75) is 65.3 Å². The van der Waals surface area contributed by atoms with E-state index < -0.39 is 41.4 Å². The molecule has 0 spiro atoms. The molecular formula is C43H68N4O15S. The first-order valence-electron chi connectivity index (χ1n) is 21.3. The molecule has 3 amide bonds. The van der Waals surface area contributed by atoms with Gasteiger partial charge in [0.2, 0.25) is 17.7 Å². The van der Waals surface area contributed by atoms with Crippen LogP contribution in [0.2, 0.25) is 0 Å². The van der Waals surface area contributed by atoms with E-state index in [2.05, 4.69) is 15.6 Å². The number of carboxylic acids is 1. The second-order valence-corrected chi connectivity index (χ2v) is 16.5. The zero-order valence-electron chi connectivity index (χ0n) is 37.3. The van der Waals surface area contributed by atoms with Gasteiger partial charge in [0.15, 0.2) is 0 Å². The molecule has 0 aliphatic carbocycles. The number of ether oxygens (including phenoxy) is 9. The summed E-state index contributed by atoms with van der Waals surface area (Å²) in [6, 6.07) is 5.68. The minimum absolute atomic E-state index is 0.0232. The predicted octanol–water partition coefficient (Wildman–Crippen LogP) is 2.02. The summed E-state index contributed by atoms with van der Waals surface area (Å²) in [5.41, 5.74) is 4.01. The molecule has 356 valence electrons. The average Bonchev–Trinajstić information content (AvgIpc) is 3.86. The van der Waals surface area contributed by atoms with Crippen molar-refractivity contribution in [1.82, 2.24) is 20.5 Å². The number of rotatable bonds is 34. The molecule has 3 rings (SSSR count). The lowest BCUT2D eigenvalue weighted by atomic mass is 9.85. The van der Waals surface area contributed by atoms with Gasteiger partial charge in [-0.25, -0.2) is 9.78 Å². The van der Waals surface area contributed by atoms with E-state index in [1.165, 1.54) is 4.90 Å². The predicted molar refractivity (Wildman–Crippen MR) is 231 cm³/mol. The topological polar surface area (TPSA) is 232 Å². The fourth-order valence-electron chi connectivity index (χ4n) is 6.20. The number of aromatic nitrogens is 1. The molecule has 1 aliphatic rings. The van der Waals surface area contributed by atoms with Crippen LogP contribution < -0.4 is 10.6 Å². The summed E-state index contributed by atoms with van der Waals surface area (Å²) in [5.74, 6) is -2.33. The zero-order chi connectivity index (χ0) is 45.9. The minimum Gasteiger partial charge on any atom is -0.480 e. The van der Waals surface area contributed by atoms with Gasteiger partial charge < -0.3 is 68.4 Å². The number of nitrogens with one attached hydrogen (secondary N) is 2. The molecular weight excluding hydrogens is 845 g/mol. The van der Waals surface area contributed by atoms with E-state index in [-0.39, 0.29) is 57.9 Å². The molecule has 0 saturated carbocycles. The summed E-state index contributed by atoms with van der Waals surface area (Å²) in [7, 11) is 0. The molecule has 63 heavy (non-hydrogen) atoms. The van der Waals surface area contributed by atoms with Crippen LogP contribution in [0.1, 0.15) is 51.4 Å². The van der Waals surface area contributed by atoms with E-state index in [1.807, 2.05) is 64.4 Å². The van der Waals surface area contributed by atoms with Gasteiger partial charge in [-0.3, -0.25) is 14.4 Å². The molecule has 4 N–H and O–H groups in total. The van der Waals surface area contributed by atoms with Crippen LogP contribution in [0.3, 0.4) is 0 Å². The van der Waals surface area contributed by atoms with Gasteiger partial charge in [0, 0.05) is 13.0 Å². The number of β-amino-alcohol motifs (C(OH)–C–C–N with tert-alkyl or cyclic N) is 1. The lowest BCUT2D eigenvalue weighted by Crippen LogP contribution is -2.58. The van der Waals surface area contributed by atoms with Gasteiger partial charge in [0.25, 0.3) is 0 Å². The molecule has 4 unspecified atom stereocenters. The molecule has 0 radical (unpaired) electrons. The molecule has 2 heterocycles. The quantitative estimate of drug-likeness (QED) is 0.0736. The van der Waals surface area contributed by atoms with Crippen LogP contribution in [0.15, 0.2) is 29.8 Å². The third-order valence-corrected chi connectivity index (χ3v) is 10.5. The van der Waals surface area contributed by atoms with E-state index in [4.69, 9.17) is 47.7 Å². The second kappa shape index (κ2) is 30.5. The lowest BCUT2D eigenvalue weighted by Gasteiger charge is -2.35. The largest absolute Gasteiger partial charge is 0.480 e. The van der Waals surface area contributed by atoms with Gasteiger partial charge in [-0.1, -0.05) is 45.0 Å². The highest BCUT2D eigenvalue weighted by atomic mass is 32.1. The smallest absolute Gasteiger partial charge is 0.329 e. The highest BCUT2D eigenvalue weighted by Gasteiger charge is 2.44. The molecule has 1 saturated heterocycles. The third kappa shape index (κ3) is 21.7. The Morgan fingerprint density at radius 1 is 0.730 bits per heavy atom. The molecule has 1 aromatic heterocycles. The Hall–Kier alpha value is -3.67. The SMILES string of the molecule is Cc1ncsc1-c1ccc(C(C)NC(=O)C2CC(O)CN2C(=O)C(NC(=O)COCCOCCOCCOCCOCCOCCOCCOCCOCC(=O)O)C(C)(C)C)cc1. The van der Waals surface area contributed by atoms with Crippen LogP contribution in [-0.4, -0.2) is 187 Å². The number of aliphatic carboxylic acids is 1. The normalized spacial score (nSPS) is 16.3. The van der Waals surface area contributed by atoms with Crippen LogP contribution in [0.5, 0.6) is 0 Å². The molecule has 4 atom stereocenters. The molecule has 1 aliphatic heterocycles. The fraction of sp³-hybridized carbons (Fsp3) is 0.698. The number of carbonyl (C=O) groups excluding carboxylic acids is 3. The van der Waals surface area contributed by atoms with E-state index >= 15 is 0 Å². The van der Waals surface area contributed by atoms with Gasteiger partial charge in [0.05, 0.1) is 134 Å². The van der Waals surface area contributed by atoms with E-state index in [0.29, 0.717) is 85.9 Å². The van der Waals surface area contributed by atoms with Crippen molar-refractivity contribution in [1.29, 1.82) is 0 Å². The van der Waals surface area contributed by atoms with Gasteiger partial charge in [-0.05, 0) is 30.4 Å². The molecule has 19 nitrogen and oxygen atoms in total. The van der Waals surface area contributed by atoms with Crippen molar-refractivity contribution in [3.63, 3.8) is 0 Å². The van der Waals surface area contributed by atoms with E-state index in [0.717, 1.165) is 21.7 Å². The number of thiazole rings is 1.